The van der Waals surface area contributed by atoms with Gasteiger partial charge in [-0.15, -0.1) is 11.3 Å². The maximum atomic E-state index is 5.82. The first-order valence-electron chi connectivity index (χ1n) is 4.62. The van der Waals surface area contributed by atoms with Crippen LogP contribution < -0.4 is 5.32 Å². The van der Waals surface area contributed by atoms with Gasteiger partial charge in [0.25, 0.3) is 0 Å². The van der Waals surface area contributed by atoms with Crippen molar-refractivity contribution in [3.8, 4) is 0 Å². The van der Waals surface area contributed by atoms with Crippen LogP contribution in [0.5, 0.6) is 0 Å². The number of hydrogen-bond acceptors (Lipinski definition) is 4. The maximum absolute atomic E-state index is 5.82. The summed E-state index contributed by atoms with van der Waals surface area (Å²) < 4.78 is 0.782. The van der Waals surface area contributed by atoms with Crippen LogP contribution in [-0.2, 0) is 0 Å². The van der Waals surface area contributed by atoms with Gasteiger partial charge in [-0.2, -0.15) is 0 Å². The molecule has 0 spiro atoms. The quantitative estimate of drug-likeness (QED) is 0.865. The van der Waals surface area contributed by atoms with Crippen molar-refractivity contribution in [1.82, 2.24) is 9.97 Å². The SMILES string of the molecule is CC(Nc1cnc(Cl)c(Br)c1)c1cscn1. The number of aromatic nitrogens is 2. The monoisotopic (exact) mass is 317 g/mol. The molecule has 1 unspecified atom stereocenters. The Bertz CT molecular complexity index is 475. The third-order valence-corrected chi connectivity index (χ3v) is 3.81. The highest BCUT2D eigenvalue weighted by molar-refractivity contribution is 9.10. The van der Waals surface area contributed by atoms with Crippen molar-refractivity contribution in [2.45, 2.75) is 13.0 Å². The second kappa shape index (κ2) is 5.12. The molecule has 0 bridgehead atoms. The van der Waals surface area contributed by atoms with E-state index in [1.54, 1.807) is 17.5 Å². The van der Waals surface area contributed by atoms with Crippen LogP contribution in [0, 0.1) is 0 Å². The van der Waals surface area contributed by atoms with Crippen LogP contribution >= 0.6 is 38.9 Å². The molecule has 0 aliphatic heterocycles. The predicted molar refractivity (Wildman–Crippen MR) is 71.1 cm³/mol. The summed E-state index contributed by atoms with van der Waals surface area (Å²) in [5.74, 6) is 0. The average Bonchev–Trinajstić information content (AvgIpc) is 2.77. The third kappa shape index (κ3) is 2.72. The number of nitrogens with zero attached hydrogens (tertiary/aromatic N) is 2. The van der Waals surface area contributed by atoms with E-state index in [9.17, 15) is 0 Å². The Morgan fingerprint density at radius 1 is 1.50 bits per heavy atom. The highest BCUT2D eigenvalue weighted by Crippen LogP contribution is 2.25. The molecule has 2 heterocycles. The number of nitrogens with one attached hydrogen (secondary N) is 1. The summed E-state index contributed by atoms with van der Waals surface area (Å²) in [6.45, 7) is 2.05. The number of halogens is 2. The molecule has 0 aliphatic carbocycles. The van der Waals surface area contributed by atoms with Crippen LogP contribution in [0.1, 0.15) is 18.7 Å². The van der Waals surface area contributed by atoms with E-state index >= 15 is 0 Å². The van der Waals surface area contributed by atoms with E-state index in [1.165, 1.54) is 0 Å². The number of pyridine rings is 1. The molecule has 0 amide bonds. The molecule has 2 rings (SSSR count). The predicted octanol–water partition coefficient (Wildman–Crippen LogP) is 4.13. The molecule has 0 saturated heterocycles. The molecule has 0 aromatic carbocycles. The Kier molecular flexibility index (Phi) is 3.78. The minimum absolute atomic E-state index is 0.154. The Hall–Kier alpha value is -0.650. The van der Waals surface area contributed by atoms with E-state index in [4.69, 9.17) is 11.6 Å². The van der Waals surface area contributed by atoms with Gasteiger partial charge < -0.3 is 5.32 Å². The van der Waals surface area contributed by atoms with Crippen LogP contribution in [0.25, 0.3) is 0 Å². The molecule has 6 heteroatoms. The summed E-state index contributed by atoms with van der Waals surface area (Å²) in [7, 11) is 0. The Morgan fingerprint density at radius 2 is 2.31 bits per heavy atom. The second-order valence-electron chi connectivity index (χ2n) is 3.28. The zero-order valence-electron chi connectivity index (χ0n) is 8.45. The van der Waals surface area contributed by atoms with Gasteiger partial charge in [0.2, 0.25) is 0 Å². The zero-order valence-corrected chi connectivity index (χ0v) is 11.6. The fraction of sp³-hybridized carbons (Fsp3) is 0.200. The first-order chi connectivity index (χ1) is 7.66. The van der Waals surface area contributed by atoms with Gasteiger partial charge in [-0.25, -0.2) is 9.97 Å². The van der Waals surface area contributed by atoms with Crippen molar-refractivity contribution in [3.63, 3.8) is 0 Å². The lowest BCUT2D eigenvalue weighted by molar-refractivity contribution is 0.848. The highest BCUT2D eigenvalue weighted by atomic mass is 79.9. The third-order valence-electron chi connectivity index (χ3n) is 2.07. The lowest BCUT2D eigenvalue weighted by Gasteiger charge is -2.13. The first kappa shape index (κ1) is 11.8. The summed E-state index contributed by atoms with van der Waals surface area (Å²) in [6.07, 6.45) is 1.70. The maximum Gasteiger partial charge on any atom is 0.143 e. The number of hydrogen-bond donors (Lipinski definition) is 1. The van der Waals surface area contributed by atoms with E-state index in [-0.39, 0.29) is 6.04 Å². The Morgan fingerprint density at radius 3 is 2.94 bits per heavy atom. The van der Waals surface area contributed by atoms with Crippen LogP contribution in [0.15, 0.2) is 27.6 Å². The van der Waals surface area contributed by atoms with Crippen LogP contribution in [0.4, 0.5) is 5.69 Å². The van der Waals surface area contributed by atoms with E-state index in [0.29, 0.717) is 5.15 Å². The van der Waals surface area contributed by atoms with Crippen molar-refractivity contribution in [1.29, 1.82) is 0 Å². The standard InChI is InChI=1S/C10H9BrClN3S/c1-6(9-4-16-5-14-9)15-7-2-8(11)10(12)13-3-7/h2-6,15H,1H3. The largest absolute Gasteiger partial charge is 0.376 e. The molecule has 2 aromatic rings. The highest BCUT2D eigenvalue weighted by Gasteiger charge is 2.08. The van der Waals surface area contributed by atoms with Crippen molar-refractivity contribution in [3.05, 3.63) is 38.5 Å². The van der Waals surface area contributed by atoms with Gasteiger partial charge in [-0.3, -0.25) is 0 Å². The molecule has 1 atom stereocenters. The molecular weight excluding hydrogens is 310 g/mol. The fourth-order valence-electron chi connectivity index (χ4n) is 1.26. The topological polar surface area (TPSA) is 37.8 Å². The van der Waals surface area contributed by atoms with Gasteiger partial charge >= 0.3 is 0 Å². The summed E-state index contributed by atoms with van der Waals surface area (Å²) in [4.78, 5) is 8.30. The van der Waals surface area contributed by atoms with Crippen LogP contribution in [0.2, 0.25) is 5.15 Å². The Labute approximate surface area is 111 Å². The van der Waals surface area contributed by atoms with Crippen molar-refractivity contribution >= 4 is 44.6 Å². The molecule has 0 radical (unpaired) electrons. The van der Waals surface area contributed by atoms with Gasteiger partial charge in [0.05, 0.1) is 33.6 Å². The lowest BCUT2D eigenvalue weighted by Crippen LogP contribution is -2.07. The molecule has 3 nitrogen and oxygen atoms in total. The van der Waals surface area contributed by atoms with Gasteiger partial charge in [-0.05, 0) is 28.9 Å². The number of anilines is 1. The van der Waals surface area contributed by atoms with Gasteiger partial charge in [0.1, 0.15) is 5.15 Å². The van der Waals surface area contributed by atoms with E-state index in [1.807, 2.05) is 17.0 Å². The second-order valence-corrected chi connectivity index (χ2v) is 5.21. The van der Waals surface area contributed by atoms with E-state index in [0.717, 1.165) is 15.9 Å². The summed E-state index contributed by atoms with van der Waals surface area (Å²) in [5, 5.41) is 5.79. The van der Waals surface area contributed by atoms with Crippen molar-refractivity contribution in [2.24, 2.45) is 0 Å². The first-order valence-corrected chi connectivity index (χ1v) is 6.74. The van der Waals surface area contributed by atoms with Gasteiger partial charge in [0.15, 0.2) is 0 Å². The van der Waals surface area contributed by atoms with Crippen LogP contribution in [0.3, 0.4) is 0 Å². The summed E-state index contributed by atoms with van der Waals surface area (Å²) >= 11 is 10.7. The van der Waals surface area contributed by atoms with E-state index in [2.05, 4.69) is 38.1 Å². The number of rotatable bonds is 3. The van der Waals surface area contributed by atoms with Gasteiger partial charge in [-0.1, -0.05) is 11.6 Å². The molecule has 1 N–H and O–H groups in total. The van der Waals surface area contributed by atoms with E-state index < -0.39 is 0 Å². The minimum Gasteiger partial charge on any atom is -0.376 e. The lowest BCUT2D eigenvalue weighted by atomic mass is 10.2. The van der Waals surface area contributed by atoms with Crippen LogP contribution in [-0.4, -0.2) is 9.97 Å². The average molecular weight is 319 g/mol. The summed E-state index contributed by atoms with van der Waals surface area (Å²) in [6, 6.07) is 2.05. The molecule has 84 valence electrons. The molecule has 0 fully saturated rings. The van der Waals surface area contributed by atoms with Gasteiger partial charge in [0, 0.05) is 5.38 Å². The fourth-order valence-corrected chi connectivity index (χ4v) is 2.36. The molecule has 16 heavy (non-hydrogen) atoms. The molecule has 2 aromatic heterocycles. The van der Waals surface area contributed by atoms with Crippen molar-refractivity contribution in [2.75, 3.05) is 5.32 Å². The minimum atomic E-state index is 0.154. The molecule has 0 saturated carbocycles. The molecule has 0 aliphatic rings. The number of thiazole rings is 1. The normalized spacial score (nSPS) is 12.4. The molecular formula is C10H9BrClN3S. The van der Waals surface area contributed by atoms with Crippen molar-refractivity contribution < 1.29 is 0 Å². The zero-order chi connectivity index (χ0) is 11.5. The summed E-state index contributed by atoms with van der Waals surface area (Å²) in [5.41, 5.74) is 3.76. The Balaban J connectivity index is 2.12. The smallest absolute Gasteiger partial charge is 0.143 e.